The van der Waals surface area contributed by atoms with Gasteiger partial charge in [-0.3, -0.25) is 9.59 Å². The van der Waals surface area contributed by atoms with E-state index in [2.05, 4.69) is 15.8 Å². The molecule has 7 nitrogen and oxygen atoms in total. The van der Waals surface area contributed by atoms with Gasteiger partial charge in [-0.15, -0.1) is 0 Å². The first-order valence-electron chi connectivity index (χ1n) is 8.87. The molecule has 0 bridgehead atoms. The van der Waals surface area contributed by atoms with Crippen LogP contribution in [0.1, 0.15) is 24.5 Å². The molecule has 2 aromatic carbocycles. The van der Waals surface area contributed by atoms with E-state index in [0.29, 0.717) is 18.0 Å². The highest BCUT2D eigenvalue weighted by atomic mass is 16.5. The molecule has 0 aliphatic rings. The normalized spacial score (nSPS) is 10.9. The summed E-state index contributed by atoms with van der Waals surface area (Å²) < 4.78 is 10.5. The third-order valence-electron chi connectivity index (χ3n) is 3.83. The molecule has 0 heterocycles. The van der Waals surface area contributed by atoms with Gasteiger partial charge in [-0.2, -0.15) is 5.10 Å². The Morgan fingerprint density at radius 1 is 0.964 bits per heavy atom. The van der Waals surface area contributed by atoms with Gasteiger partial charge in [0.25, 0.3) is 5.91 Å². The number of nitrogens with one attached hydrogen (secondary N) is 2. The van der Waals surface area contributed by atoms with E-state index >= 15 is 0 Å². The molecule has 0 atom stereocenters. The second-order valence-corrected chi connectivity index (χ2v) is 6.29. The lowest BCUT2D eigenvalue weighted by molar-refractivity contribution is -0.123. The van der Waals surface area contributed by atoms with Crippen LogP contribution in [0.5, 0.6) is 11.5 Å². The first-order chi connectivity index (χ1) is 13.5. The molecule has 0 aromatic heterocycles. The van der Waals surface area contributed by atoms with Crippen LogP contribution in [-0.4, -0.2) is 31.2 Å². The number of nitrogens with zero attached hydrogens (tertiary/aromatic N) is 1. The van der Waals surface area contributed by atoms with E-state index in [0.717, 1.165) is 16.9 Å². The standard InChI is InChI=1S/C21H25N3O4/c1-15-4-8-19(9-5-15)28-14-21(26)24-23-16(2)12-20(25)22-13-17-6-10-18(27-3)11-7-17/h4-11H,12-14H2,1-3H3,(H,22,25)(H,24,26). The Balaban J connectivity index is 1.69. The SMILES string of the molecule is COc1ccc(CNC(=O)CC(C)=NNC(=O)COc2ccc(C)cc2)cc1. The van der Waals surface area contributed by atoms with Crippen LogP contribution in [0.25, 0.3) is 0 Å². The lowest BCUT2D eigenvalue weighted by Gasteiger charge is -2.07. The zero-order valence-electron chi connectivity index (χ0n) is 16.3. The van der Waals surface area contributed by atoms with Crippen molar-refractivity contribution in [1.82, 2.24) is 10.7 Å². The molecule has 0 radical (unpaired) electrons. The number of carbonyl (C=O) groups is 2. The molecule has 0 saturated carbocycles. The third kappa shape index (κ3) is 7.49. The predicted octanol–water partition coefficient (Wildman–Crippen LogP) is 2.58. The van der Waals surface area contributed by atoms with Gasteiger partial charge in [-0.05, 0) is 43.7 Å². The fourth-order valence-corrected chi connectivity index (χ4v) is 2.25. The number of ether oxygens (including phenoxy) is 2. The Hall–Kier alpha value is -3.35. The van der Waals surface area contributed by atoms with Crippen molar-refractivity contribution in [3.8, 4) is 11.5 Å². The van der Waals surface area contributed by atoms with Gasteiger partial charge in [0.1, 0.15) is 11.5 Å². The summed E-state index contributed by atoms with van der Waals surface area (Å²) in [4.78, 5) is 23.8. The molecule has 2 aromatic rings. The van der Waals surface area contributed by atoms with Crippen LogP contribution in [0.3, 0.4) is 0 Å². The van der Waals surface area contributed by atoms with Gasteiger partial charge in [-0.25, -0.2) is 5.43 Å². The molecule has 0 unspecified atom stereocenters. The first-order valence-corrected chi connectivity index (χ1v) is 8.87. The maximum absolute atomic E-state index is 12.0. The van der Waals surface area contributed by atoms with Gasteiger partial charge < -0.3 is 14.8 Å². The number of hydrogen-bond donors (Lipinski definition) is 2. The molecule has 7 heteroatoms. The van der Waals surface area contributed by atoms with Crippen LogP contribution < -0.4 is 20.2 Å². The van der Waals surface area contributed by atoms with Crippen molar-refractivity contribution < 1.29 is 19.1 Å². The molecule has 0 aliphatic carbocycles. The maximum Gasteiger partial charge on any atom is 0.277 e. The average Bonchev–Trinajstić information content (AvgIpc) is 2.70. The Morgan fingerprint density at radius 3 is 2.25 bits per heavy atom. The monoisotopic (exact) mass is 383 g/mol. The number of hydrogen-bond acceptors (Lipinski definition) is 5. The molecule has 28 heavy (non-hydrogen) atoms. The highest BCUT2D eigenvalue weighted by molar-refractivity contribution is 6.00. The topological polar surface area (TPSA) is 89.0 Å². The Kier molecular flexibility index (Phi) is 8.02. The Labute approximate surface area is 164 Å². The maximum atomic E-state index is 12.0. The van der Waals surface area contributed by atoms with Gasteiger partial charge in [0.15, 0.2) is 6.61 Å². The minimum atomic E-state index is -0.390. The molecule has 148 valence electrons. The van der Waals surface area contributed by atoms with Crippen molar-refractivity contribution in [2.75, 3.05) is 13.7 Å². The summed E-state index contributed by atoms with van der Waals surface area (Å²) in [6, 6.07) is 14.8. The fourth-order valence-electron chi connectivity index (χ4n) is 2.25. The van der Waals surface area contributed by atoms with E-state index in [1.165, 1.54) is 0 Å². The highest BCUT2D eigenvalue weighted by Crippen LogP contribution is 2.11. The number of methoxy groups -OCH3 is 1. The van der Waals surface area contributed by atoms with E-state index in [1.807, 2.05) is 43.3 Å². The molecule has 2 rings (SSSR count). The van der Waals surface area contributed by atoms with Crippen LogP contribution in [0.15, 0.2) is 53.6 Å². The summed E-state index contributed by atoms with van der Waals surface area (Å²) in [5.41, 5.74) is 4.96. The zero-order valence-corrected chi connectivity index (χ0v) is 16.3. The minimum Gasteiger partial charge on any atom is -0.497 e. The van der Waals surface area contributed by atoms with Crippen molar-refractivity contribution in [2.45, 2.75) is 26.8 Å². The molecular weight excluding hydrogens is 358 g/mol. The smallest absolute Gasteiger partial charge is 0.277 e. The van der Waals surface area contributed by atoms with E-state index in [4.69, 9.17) is 9.47 Å². The Bertz CT molecular complexity index is 815. The van der Waals surface area contributed by atoms with Crippen molar-refractivity contribution in [1.29, 1.82) is 0 Å². The quantitative estimate of drug-likeness (QED) is 0.515. The highest BCUT2D eigenvalue weighted by Gasteiger charge is 2.06. The summed E-state index contributed by atoms with van der Waals surface area (Å²) >= 11 is 0. The predicted molar refractivity (Wildman–Crippen MR) is 107 cm³/mol. The summed E-state index contributed by atoms with van der Waals surface area (Å²) in [5.74, 6) is 0.806. The largest absolute Gasteiger partial charge is 0.497 e. The van der Waals surface area contributed by atoms with Crippen molar-refractivity contribution in [3.63, 3.8) is 0 Å². The minimum absolute atomic E-state index is 0.0925. The second kappa shape index (κ2) is 10.7. The average molecular weight is 383 g/mol. The van der Waals surface area contributed by atoms with E-state index in [-0.39, 0.29) is 18.9 Å². The van der Waals surface area contributed by atoms with Crippen LogP contribution in [0, 0.1) is 6.92 Å². The second-order valence-electron chi connectivity index (χ2n) is 6.29. The van der Waals surface area contributed by atoms with Crippen LogP contribution in [-0.2, 0) is 16.1 Å². The van der Waals surface area contributed by atoms with Crippen LogP contribution in [0.4, 0.5) is 0 Å². The van der Waals surface area contributed by atoms with Gasteiger partial charge in [0.05, 0.1) is 13.5 Å². The molecule has 0 spiro atoms. The molecular formula is C21H25N3O4. The summed E-state index contributed by atoms with van der Waals surface area (Å²) in [6.45, 7) is 3.91. The summed E-state index contributed by atoms with van der Waals surface area (Å²) in [5, 5.41) is 6.74. The van der Waals surface area contributed by atoms with Gasteiger partial charge in [0, 0.05) is 12.3 Å². The fraction of sp³-hybridized carbons (Fsp3) is 0.286. The Morgan fingerprint density at radius 2 is 1.61 bits per heavy atom. The van der Waals surface area contributed by atoms with E-state index < -0.39 is 5.91 Å². The lowest BCUT2D eigenvalue weighted by Crippen LogP contribution is -2.28. The zero-order chi connectivity index (χ0) is 20.4. The van der Waals surface area contributed by atoms with Gasteiger partial charge >= 0.3 is 0 Å². The van der Waals surface area contributed by atoms with Crippen molar-refractivity contribution in [3.05, 3.63) is 59.7 Å². The summed E-state index contributed by atoms with van der Waals surface area (Å²) in [7, 11) is 1.60. The van der Waals surface area contributed by atoms with Gasteiger partial charge in [0.2, 0.25) is 5.91 Å². The molecule has 2 amide bonds. The number of rotatable bonds is 9. The van der Waals surface area contributed by atoms with Crippen molar-refractivity contribution in [2.24, 2.45) is 5.10 Å². The molecule has 0 fully saturated rings. The first kappa shape index (κ1) is 21.0. The third-order valence-corrected chi connectivity index (χ3v) is 3.83. The van der Waals surface area contributed by atoms with Crippen LogP contribution in [0.2, 0.25) is 0 Å². The number of benzene rings is 2. The molecule has 2 N–H and O–H groups in total. The van der Waals surface area contributed by atoms with Gasteiger partial charge in [-0.1, -0.05) is 29.8 Å². The lowest BCUT2D eigenvalue weighted by atomic mass is 10.2. The number of carbonyl (C=O) groups excluding carboxylic acids is 2. The number of aryl methyl sites for hydroxylation is 1. The molecule has 0 aliphatic heterocycles. The molecule has 0 saturated heterocycles. The summed E-state index contributed by atoms with van der Waals surface area (Å²) in [6.07, 6.45) is 0.0925. The number of hydrazone groups is 1. The number of amides is 2. The van der Waals surface area contributed by atoms with Crippen molar-refractivity contribution >= 4 is 17.5 Å². The van der Waals surface area contributed by atoms with E-state index in [1.54, 1.807) is 26.2 Å². The van der Waals surface area contributed by atoms with Crippen LogP contribution >= 0.6 is 0 Å². The van der Waals surface area contributed by atoms with E-state index in [9.17, 15) is 9.59 Å².